The van der Waals surface area contributed by atoms with E-state index in [2.05, 4.69) is 17.4 Å². The van der Waals surface area contributed by atoms with Crippen molar-refractivity contribution in [2.24, 2.45) is 0 Å². The molecule has 6 rings (SSSR count). The second-order valence-electron chi connectivity index (χ2n) is 11.6. The Hall–Kier alpha value is -3.98. The Morgan fingerprint density at radius 1 is 0.841 bits per heavy atom. The number of carbonyl (C=O) groups is 2. The van der Waals surface area contributed by atoms with Crippen molar-refractivity contribution >= 4 is 23.2 Å². The number of aromatic nitrogens is 1. The zero-order valence-electron chi connectivity index (χ0n) is 24.2. The highest BCUT2D eigenvalue weighted by molar-refractivity contribution is 7.09. The summed E-state index contributed by atoms with van der Waals surface area (Å²) >= 11 is 1.50. The van der Waals surface area contributed by atoms with Gasteiger partial charge in [-0.2, -0.15) is 13.2 Å². The Labute approximate surface area is 259 Å². The zero-order valence-corrected chi connectivity index (χ0v) is 25.0. The summed E-state index contributed by atoms with van der Waals surface area (Å²) in [6, 6.07) is 22.4. The summed E-state index contributed by atoms with van der Waals surface area (Å²) in [4.78, 5) is 33.3. The minimum absolute atomic E-state index is 0.0866. The van der Waals surface area contributed by atoms with Crippen LogP contribution >= 0.6 is 11.3 Å². The maximum atomic E-state index is 13.6. The van der Waals surface area contributed by atoms with E-state index < -0.39 is 11.7 Å². The summed E-state index contributed by atoms with van der Waals surface area (Å²) in [5, 5.41) is 6.01. The van der Waals surface area contributed by atoms with Crippen LogP contribution in [0.2, 0.25) is 0 Å². The van der Waals surface area contributed by atoms with Gasteiger partial charge in [-0.05, 0) is 60.6 Å². The number of carbonyl (C=O) groups excluding carboxylic acids is 2. The number of piperidine rings is 1. The quantitative estimate of drug-likeness (QED) is 0.237. The molecule has 2 fully saturated rings. The third-order valence-corrected chi connectivity index (χ3v) is 9.88. The van der Waals surface area contributed by atoms with Gasteiger partial charge in [0.1, 0.15) is 5.69 Å². The van der Waals surface area contributed by atoms with Crippen LogP contribution in [0.5, 0.6) is 0 Å². The number of halogens is 3. The molecule has 1 aromatic heterocycles. The zero-order chi connectivity index (χ0) is 30.7. The highest BCUT2D eigenvalue weighted by atomic mass is 32.1. The van der Waals surface area contributed by atoms with Crippen molar-refractivity contribution in [1.82, 2.24) is 15.2 Å². The molecule has 0 bridgehead atoms. The van der Waals surface area contributed by atoms with E-state index in [0.717, 1.165) is 55.7 Å². The van der Waals surface area contributed by atoms with Gasteiger partial charge in [-0.15, -0.1) is 11.3 Å². The van der Waals surface area contributed by atoms with E-state index in [0.29, 0.717) is 41.4 Å². The van der Waals surface area contributed by atoms with E-state index in [1.165, 1.54) is 29.0 Å². The Morgan fingerprint density at radius 3 is 2.25 bits per heavy atom. The minimum atomic E-state index is -4.42. The van der Waals surface area contributed by atoms with Crippen molar-refractivity contribution in [3.05, 3.63) is 112 Å². The highest BCUT2D eigenvalue weighted by Gasteiger charge is 2.32. The number of hydrogen-bond acceptors (Lipinski definition) is 4. The van der Waals surface area contributed by atoms with Gasteiger partial charge in [-0.1, -0.05) is 73.5 Å². The third-order valence-electron chi connectivity index (χ3n) is 8.88. The summed E-state index contributed by atoms with van der Waals surface area (Å²) in [7, 11) is 0. The molecular weight excluding hydrogens is 583 g/mol. The first kappa shape index (κ1) is 30.1. The molecule has 2 aliphatic rings. The fraction of sp³-hybridized carbons (Fsp3) is 0.343. The molecule has 228 valence electrons. The topological polar surface area (TPSA) is 62.3 Å². The predicted octanol–water partition coefficient (Wildman–Crippen LogP) is 8.30. The first-order chi connectivity index (χ1) is 21.3. The lowest BCUT2D eigenvalue weighted by atomic mass is 9.80. The van der Waals surface area contributed by atoms with Crippen molar-refractivity contribution in [3.63, 3.8) is 0 Å². The number of rotatable bonds is 6. The molecule has 5 nitrogen and oxygen atoms in total. The van der Waals surface area contributed by atoms with Gasteiger partial charge >= 0.3 is 6.18 Å². The van der Waals surface area contributed by atoms with E-state index >= 15 is 0 Å². The number of hydrogen-bond donors (Lipinski definition) is 1. The van der Waals surface area contributed by atoms with Crippen LogP contribution in [-0.4, -0.2) is 40.8 Å². The van der Waals surface area contributed by atoms with Crippen LogP contribution in [0.25, 0.3) is 11.1 Å². The molecule has 0 radical (unpaired) electrons. The van der Waals surface area contributed by atoms with Crippen molar-refractivity contribution in [2.75, 3.05) is 13.1 Å². The van der Waals surface area contributed by atoms with Gasteiger partial charge in [0, 0.05) is 41.9 Å². The molecule has 1 N–H and O–H groups in total. The van der Waals surface area contributed by atoms with Crippen molar-refractivity contribution < 1.29 is 22.8 Å². The summed E-state index contributed by atoms with van der Waals surface area (Å²) in [5.74, 6) is 0.187. The number of nitrogens with zero attached hydrogens (tertiary/aromatic N) is 2. The summed E-state index contributed by atoms with van der Waals surface area (Å²) < 4.78 is 39.2. The third kappa shape index (κ3) is 6.58. The van der Waals surface area contributed by atoms with Crippen molar-refractivity contribution in [3.8, 4) is 11.1 Å². The molecule has 1 unspecified atom stereocenters. The van der Waals surface area contributed by atoms with Gasteiger partial charge in [-0.3, -0.25) is 9.59 Å². The second-order valence-corrected chi connectivity index (χ2v) is 12.5. The SMILES string of the molecule is O=C(N[C@H]1CCCCC1c1ccccc1)c1csc(C2CCN(C(=O)c3ccccc3-c3ccc(C(F)(F)F)cc3)CC2)n1. The number of likely N-dealkylation sites (tertiary alicyclic amines) is 1. The number of nitrogens with one attached hydrogen (secondary N) is 1. The number of thiazole rings is 1. The smallest absolute Gasteiger partial charge is 0.347 e. The van der Waals surface area contributed by atoms with Crippen LogP contribution in [0.4, 0.5) is 13.2 Å². The lowest BCUT2D eigenvalue weighted by Gasteiger charge is -2.32. The van der Waals surface area contributed by atoms with Gasteiger partial charge in [0.05, 0.1) is 10.6 Å². The average molecular weight is 618 g/mol. The number of amides is 2. The molecule has 1 saturated carbocycles. The first-order valence-electron chi connectivity index (χ1n) is 15.1. The van der Waals surface area contributed by atoms with Crippen LogP contribution in [0.15, 0.2) is 84.2 Å². The van der Waals surface area contributed by atoms with Gasteiger partial charge in [-0.25, -0.2) is 4.98 Å². The second kappa shape index (κ2) is 12.9. The van der Waals surface area contributed by atoms with Gasteiger partial charge in [0.2, 0.25) is 0 Å². The number of benzene rings is 3. The Bertz CT molecular complexity index is 1600. The van der Waals surface area contributed by atoms with Crippen LogP contribution in [-0.2, 0) is 6.18 Å². The Balaban J connectivity index is 1.08. The molecule has 0 spiro atoms. The lowest BCUT2D eigenvalue weighted by Crippen LogP contribution is -2.41. The molecule has 1 aliphatic heterocycles. The van der Waals surface area contributed by atoms with Crippen molar-refractivity contribution in [1.29, 1.82) is 0 Å². The fourth-order valence-corrected chi connectivity index (χ4v) is 7.46. The summed E-state index contributed by atoms with van der Waals surface area (Å²) in [6.07, 6.45) is 1.31. The van der Waals surface area contributed by atoms with Crippen molar-refractivity contribution in [2.45, 2.75) is 62.6 Å². The average Bonchev–Trinajstić information content (AvgIpc) is 3.56. The normalized spacial score (nSPS) is 19.5. The van der Waals surface area contributed by atoms with E-state index in [4.69, 9.17) is 4.98 Å². The van der Waals surface area contributed by atoms with Crippen LogP contribution in [0.1, 0.15) is 87.3 Å². The summed E-state index contributed by atoms with van der Waals surface area (Å²) in [6.45, 7) is 1.07. The van der Waals surface area contributed by atoms with Crippen LogP contribution in [0.3, 0.4) is 0 Å². The lowest BCUT2D eigenvalue weighted by molar-refractivity contribution is -0.137. The van der Waals surface area contributed by atoms with Gasteiger partial charge in [0.25, 0.3) is 11.8 Å². The largest absolute Gasteiger partial charge is 0.416 e. The molecule has 1 saturated heterocycles. The molecule has 2 amide bonds. The Kier molecular flexibility index (Phi) is 8.84. The molecule has 44 heavy (non-hydrogen) atoms. The molecule has 2 heterocycles. The molecule has 2 atom stereocenters. The van der Waals surface area contributed by atoms with E-state index in [9.17, 15) is 22.8 Å². The first-order valence-corrected chi connectivity index (χ1v) is 16.0. The van der Waals surface area contributed by atoms with Crippen LogP contribution in [0, 0.1) is 0 Å². The molecule has 4 aromatic rings. The monoisotopic (exact) mass is 617 g/mol. The van der Waals surface area contributed by atoms with Gasteiger partial charge in [0.15, 0.2) is 0 Å². The standard InChI is InChI=1S/C35H34F3N3O2S/c36-35(37,38)26-16-14-24(15-17-26)27-10-4-5-12-29(27)34(43)41-20-18-25(19-21-41)33-40-31(22-44-33)32(42)39-30-13-7-6-11-28(30)23-8-2-1-3-9-23/h1-5,8-10,12,14-17,22,25,28,30H,6-7,11,13,18-21H2,(H,39,42)/t28?,30-/m0/s1. The van der Waals surface area contributed by atoms with E-state index in [1.54, 1.807) is 29.2 Å². The molecule has 1 aliphatic carbocycles. The maximum Gasteiger partial charge on any atom is 0.416 e. The molecule has 3 aromatic carbocycles. The van der Waals surface area contributed by atoms with E-state index in [-0.39, 0.29) is 23.8 Å². The molecular formula is C35H34F3N3O2S. The molecule has 9 heteroatoms. The van der Waals surface area contributed by atoms with Gasteiger partial charge < -0.3 is 10.2 Å². The van der Waals surface area contributed by atoms with Crippen LogP contribution < -0.4 is 5.32 Å². The predicted molar refractivity (Wildman–Crippen MR) is 166 cm³/mol. The number of alkyl halides is 3. The minimum Gasteiger partial charge on any atom is -0.347 e. The highest BCUT2D eigenvalue weighted by Crippen LogP contribution is 2.36. The fourth-order valence-electron chi connectivity index (χ4n) is 6.48. The summed E-state index contributed by atoms with van der Waals surface area (Å²) in [5.41, 5.74) is 2.63. The van der Waals surface area contributed by atoms with E-state index in [1.807, 2.05) is 23.6 Å². The Morgan fingerprint density at radius 2 is 1.52 bits per heavy atom. The maximum absolute atomic E-state index is 13.6.